The number of nitrogens with zero attached hydrogens (tertiary/aromatic N) is 1. The minimum Gasteiger partial charge on any atom is -0.481 e. The van der Waals surface area contributed by atoms with Crippen LogP contribution in [-0.2, 0) is 14.8 Å². The maximum Gasteiger partial charge on any atom is 0.261 e. The summed E-state index contributed by atoms with van der Waals surface area (Å²) in [5.74, 6) is 0.321. The predicted molar refractivity (Wildman–Crippen MR) is 107 cm³/mol. The number of anilines is 1. The zero-order valence-electron chi connectivity index (χ0n) is 16.0. The Balaban J connectivity index is 2.02. The lowest BCUT2D eigenvalue weighted by Crippen LogP contribution is -2.39. The minimum absolute atomic E-state index is 0.123. The third-order valence-electron chi connectivity index (χ3n) is 4.30. The molecule has 0 fully saturated rings. The summed E-state index contributed by atoms with van der Waals surface area (Å²) in [6.45, 7) is 3.80. The van der Waals surface area contributed by atoms with Crippen LogP contribution in [0.15, 0.2) is 54.6 Å². The van der Waals surface area contributed by atoms with Gasteiger partial charge in [0.15, 0.2) is 6.10 Å². The second-order valence-corrected chi connectivity index (χ2v) is 8.39. The van der Waals surface area contributed by atoms with E-state index in [2.05, 4.69) is 5.32 Å². The van der Waals surface area contributed by atoms with Gasteiger partial charge in [-0.1, -0.05) is 37.3 Å². The van der Waals surface area contributed by atoms with Crippen molar-refractivity contribution in [3.63, 3.8) is 0 Å². The zero-order chi connectivity index (χ0) is 20.0. The fourth-order valence-electron chi connectivity index (χ4n) is 2.54. The number of ether oxygens (including phenoxy) is 1. The number of nitrogens with one attached hydrogen (secondary N) is 1. The van der Waals surface area contributed by atoms with E-state index in [0.717, 1.165) is 11.8 Å². The molecule has 27 heavy (non-hydrogen) atoms. The summed E-state index contributed by atoms with van der Waals surface area (Å²) >= 11 is 0. The van der Waals surface area contributed by atoms with Gasteiger partial charge in [-0.25, -0.2) is 8.42 Å². The van der Waals surface area contributed by atoms with E-state index in [1.807, 2.05) is 44.2 Å². The van der Waals surface area contributed by atoms with Gasteiger partial charge >= 0.3 is 0 Å². The van der Waals surface area contributed by atoms with Crippen molar-refractivity contribution in [3.05, 3.63) is 60.2 Å². The molecule has 0 aromatic heterocycles. The Morgan fingerprint density at radius 3 is 2.22 bits per heavy atom. The largest absolute Gasteiger partial charge is 0.481 e. The van der Waals surface area contributed by atoms with Gasteiger partial charge < -0.3 is 10.1 Å². The van der Waals surface area contributed by atoms with Crippen LogP contribution in [0.4, 0.5) is 5.69 Å². The van der Waals surface area contributed by atoms with Crippen molar-refractivity contribution in [1.82, 2.24) is 5.32 Å². The van der Waals surface area contributed by atoms with E-state index in [1.165, 1.54) is 11.4 Å². The van der Waals surface area contributed by atoms with Gasteiger partial charge in [-0.2, -0.15) is 0 Å². The molecule has 0 heterocycles. The third kappa shape index (κ3) is 5.72. The molecule has 0 saturated carbocycles. The molecular formula is C20H26N2O4S. The predicted octanol–water partition coefficient (Wildman–Crippen LogP) is 3.12. The molecule has 2 unspecified atom stereocenters. The van der Waals surface area contributed by atoms with E-state index in [1.54, 1.807) is 24.3 Å². The fraction of sp³-hybridized carbons (Fsp3) is 0.350. The summed E-state index contributed by atoms with van der Waals surface area (Å²) in [5, 5.41) is 2.97. The molecule has 146 valence electrons. The number of benzene rings is 2. The number of sulfonamides is 1. The molecule has 0 saturated heterocycles. The molecule has 0 bridgehead atoms. The monoisotopic (exact) mass is 390 g/mol. The van der Waals surface area contributed by atoms with Crippen molar-refractivity contribution in [2.75, 3.05) is 17.6 Å². The van der Waals surface area contributed by atoms with Crippen LogP contribution < -0.4 is 14.4 Å². The van der Waals surface area contributed by atoms with E-state index in [0.29, 0.717) is 17.9 Å². The Kier molecular flexibility index (Phi) is 6.85. The van der Waals surface area contributed by atoms with Crippen molar-refractivity contribution in [2.24, 2.45) is 0 Å². The van der Waals surface area contributed by atoms with Crippen LogP contribution in [0.25, 0.3) is 0 Å². The quantitative estimate of drug-likeness (QED) is 0.751. The summed E-state index contributed by atoms with van der Waals surface area (Å²) in [4.78, 5) is 12.5. The van der Waals surface area contributed by atoms with Crippen LogP contribution in [-0.4, -0.2) is 33.7 Å². The highest BCUT2D eigenvalue weighted by Crippen LogP contribution is 2.22. The average molecular weight is 391 g/mol. The van der Waals surface area contributed by atoms with Crippen LogP contribution in [0.1, 0.15) is 31.9 Å². The molecule has 0 aliphatic carbocycles. The van der Waals surface area contributed by atoms with E-state index in [4.69, 9.17) is 4.74 Å². The molecule has 7 heteroatoms. The highest BCUT2D eigenvalue weighted by molar-refractivity contribution is 7.92. The maximum atomic E-state index is 12.5. The SMILES string of the molecule is CCC(Oc1ccc(N(C)S(C)(=O)=O)cc1)C(=O)NC(C)c1ccccc1. The molecule has 1 N–H and O–H groups in total. The van der Waals surface area contributed by atoms with Crippen LogP contribution in [0, 0.1) is 0 Å². The Hall–Kier alpha value is -2.54. The molecule has 1 amide bonds. The molecule has 0 aliphatic rings. The summed E-state index contributed by atoms with van der Waals surface area (Å²) in [7, 11) is -1.84. The zero-order valence-corrected chi connectivity index (χ0v) is 16.9. The van der Waals surface area contributed by atoms with Gasteiger partial charge in [0.1, 0.15) is 5.75 Å². The number of amides is 1. The van der Waals surface area contributed by atoms with Crippen LogP contribution >= 0.6 is 0 Å². The van der Waals surface area contributed by atoms with Gasteiger partial charge in [0, 0.05) is 7.05 Å². The number of hydrogen-bond donors (Lipinski definition) is 1. The Morgan fingerprint density at radius 2 is 1.70 bits per heavy atom. The van der Waals surface area contributed by atoms with Crippen molar-refractivity contribution >= 4 is 21.6 Å². The molecule has 0 radical (unpaired) electrons. The molecule has 2 atom stereocenters. The Labute approximate surface area is 161 Å². The third-order valence-corrected chi connectivity index (χ3v) is 5.50. The highest BCUT2D eigenvalue weighted by Gasteiger charge is 2.21. The lowest BCUT2D eigenvalue weighted by molar-refractivity contribution is -0.128. The van der Waals surface area contributed by atoms with Crippen LogP contribution in [0.2, 0.25) is 0 Å². The molecule has 0 aliphatic heterocycles. The first-order valence-corrected chi connectivity index (χ1v) is 10.6. The van der Waals surface area contributed by atoms with Gasteiger partial charge in [0.2, 0.25) is 10.0 Å². The van der Waals surface area contributed by atoms with E-state index < -0.39 is 16.1 Å². The van der Waals surface area contributed by atoms with Gasteiger partial charge in [-0.3, -0.25) is 9.10 Å². The van der Waals surface area contributed by atoms with Crippen molar-refractivity contribution in [2.45, 2.75) is 32.4 Å². The van der Waals surface area contributed by atoms with Gasteiger partial charge in [0.05, 0.1) is 18.0 Å². The second kappa shape index (κ2) is 8.90. The summed E-state index contributed by atoms with van der Waals surface area (Å²) in [6, 6.07) is 16.2. The number of carbonyl (C=O) groups excluding carboxylic acids is 1. The molecule has 2 aromatic carbocycles. The van der Waals surface area contributed by atoms with Crippen molar-refractivity contribution < 1.29 is 17.9 Å². The topological polar surface area (TPSA) is 75.7 Å². The van der Waals surface area contributed by atoms with E-state index >= 15 is 0 Å². The van der Waals surface area contributed by atoms with Gasteiger partial charge in [0.25, 0.3) is 5.91 Å². The number of rotatable bonds is 8. The summed E-state index contributed by atoms with van der Waals surface area (Å²) in [5.41, 5.74) is 1.55. The van der Waals surface area contributed by atoms with Gasteiger partial charge in [-0.15, -0.1) is 0 Å². The van der Waals surface area contributed by atoms with Gasteiger partial charge in [-0.05, 0) is 43.2 Å². The summed E-state index contributed by atoms with van der Waals surface area (Å²) < 4.78 is 30.2. The van der Waals surface area contributed by atoms with E-state index in [-0.39, 0.29) is 11.9 Å². The Bertz CT molecular complexity index is 851. The first-order valence-electron chi connectivity index (χ1n) is 8.78. The van der Waals surface area contributed by atoms with Crippen LogP contribution in [0.5, 0.6) is 5.75 Å². The normalized spacial score (nSPS) is 13.5. The molecular weight excluding hydrogens is 364 g/mol. The van der Waals surface area contributed by atoms with Crippen molar-refractivity contribution in [1.29, 1.82) is 0 Å². The molecule has 2 aromatic rings. The molecule has 6 nitrogen and oxygen atoms in total. The minimum atomic E-state index is -3.32. The first kappa shape index (κ1) is 20.8. The number of carbonyl (C=O) groups is 1. The van der Waals surface area contributed by atoms with E-state index in [9.17, 15) is 13.2 Å². The number of hydrogen-bond acceptors (Lipinski definition) is 4. The van der Waals surface area contributed by atoms with Crippen molar-refractivity contribution in [3.8, 4) is 5.75 Å². The second-order valence-electron chi connectivity index (χ2n) is 6.38. The first-order chi connectivity index (χ1) is 12.7. The molecule has 0 spiro atoms. The average Bonchev–Trinajstić information content (AvgIpc) is 2.65. The smallest absolute Gasteiger partial charge is 0.261 e. The van der Waals surface area contributed by atoms with Crippen LogP contribution in [0.3, 0.4) is 0 Å². The highest BCUT2D eigenvalue weighted by atomic mass is 32.2. The Morgan fingerprint density at radius 1 is 1.11 bits per heavy atom. The fourth-order valence-corrected chi connectivity index (χ4v) is 3.05. The summed E-state index contributed by atoms with van der Waals surface area (Å²) in [6.07, 6.45) is 1.02. The maximum absolute atomic E-state index is 12.5. The lowest BCUT2D eigenvalue weighted by atomic mass is 10.1. The molecule has 2 rings (SSSR count). The lowest BCUT2D eigenvalue weighted by Gasteiger charge is -2.21. The standard InChI is InChI=1S/C20H26N2O4S/c1-5-19(20(23)21-15(2)16-9-7-6-8-10-16)26-18-13-11-17(12-14-18)22(3)27(4,24)25/h6-15,19H,5H2,1-4H3,(H,21,23).